The molecular weight excluding hydrogens is 240 g/mol. The molecule has 0 fully saturated rings. The smallest absolute Gasteiger partial charge is 0.185 e. The van der Waals surface area contributed by atoms with Crippen LogP contribution in [0.2, 0.25) is 0 Å². The highest BCUT2D eigenvalue weighted by Gasteiger charge is 2.19. The summed E-state index contributed by atoms with van der Waals surface area (Å²) in [4.78, 5) is 14.6. The van der Waals surface area contributed by atoms with Crippen molar-refractivity contribution in [1.82, 2.24) is 4.98 Å². The molecule has 0 aromatic carbocycles. The molecule has 1 rings (SSSR count). The van der Waals surface area contributed by atoms with Gasteiger partial charge in [0.25, 0.3) is 0 Å². The molecule has 2 atom stereocenters. The van der Waals surface area contributed by atoms with Gasteiger partial charge in [-0.15, -0.1) is 0 Å². The Morgan fingerprint density at radius 2 is 2.24 bits per heavy atom. The molecule has 1 aromatic heterocycles. The lowest BCUT2D eigenvalue weighted by atomic mass is 10.1. The molecule has 2 unspecified atom stereocenters. The summed E-state index contributed by atoms with van der Waals surface area (Å²) in [6.45, 7) is 1.47. The molecule has 0 amide bonds. The fraction of sp³-hybridized carbons (Fsp3) is 0.455. The summed E-state index contributed by atoms with van der Waals surface area (Å²) in [7, 11) is 0. The third-order valence-corrected chi connectivity index (χ3v) is 3.02. The maximum atomic E-state index is 10.7. The van der Waals surface area contributed by atoms with E-state index in [1.807, 2.05) is 0 Å². The van der Waals surface area contributed by atoms with Gasteiger partial charge in [0.1, 0.15) is 11.9 Å². The minimum Gasteiger partial charge on any atom is -0.390 e. The number of pyridine rings is 1. The van der Waals surface area contributed by atoms with Crippen molar-refractivity contribution in [3.05, 3.63) is 23.9 Å². The molecular formula is C11H16N2O3S. The van der Waals surface area contributed by atoms with Gasteiger partial charge in [-0.05, 0) is 18.6 Å². The number of hydrogen-bond acceptors (Lipinski definition) is 6. The Labute approximate surface area is 104 Å². The summed E-state index contributed by atoms with van der Waals surface area (Å²) in [5, 5.41) is 19.5. The summed E-state index contributed by atoms with van der Waals surface area (Å²) in [5.74, 6) is 0.766. The molecule has 0 aliphatic heterocycles. The molecule has 1 heterocycles. The standard InChI is InChI=1S/C11H16N2O3S/c1-7(14)17-6-5-9(15)11(16)8-3-2-4-10(12)13-8/h2-4,9,11,15-16H,5-6H2,1H3,(H2,12,13). The fourth-order valence-electron chi connectivity index (χ4n) is 1.31. The number of anilines is 1. The maximum absolute atomic E-state index is 10.7. The van der Waals surface area contributed by atoms with Gasteiger partial charge in [0.2, 0.25) is 0 Å². The highest BCUT2D eigenvalue weighted by molar-refractivity contribution is 8.13. The van der Waals surface area contributed by atoms with Crippen molar-refractivity contribution >= 4 is 22.7 Å². The summed E-state index contributed by atoms with van der Waals surface area (Å²) in [6.07, 6.45) is -1.70. The van der Waals surface area contributed by atoms with Crippen LogP contribution in [0.4, 0.5) is 5.82 Å². The molecule has 5 nitrogen and oxygen atoms in total. The van der Waals surface area contributed by atoms with Crippen LogP contribution in [0.15, 0.2) is 18.2 Å². The van der Waals surface area contributed by atoms with Crippen molar-refractivity contribution in [1.29, 1.82) is 0 Å². The number of hydrogen-bond donors (Lipinski definition) is 3. The number of carbonyl (C=O) groups is 1. The van der Waals surface area contributed by atoms with E-state index in [-0.39, 0.29) is 5.12 Å². The van der Waals surface area contributed by atoms with E-state index in [2.05, 4.69) is 4.98 Å². The van der Waals surface area contributed by atoms with E-state index in [0.717, 1.165) is 11.8 Å². The molecule has 94 valence electrons. The Morgan fingerprint density at radius 3 is 2.82 bits per heavy atom. The van der Waals surface area contributed by atoms with Crippen LogP contribution < -0.4 is 5.73 Å². The van der Waals surface area contributed by atoms with Crippen LogP contribution in [0, 0.1) is 0 Å². The van der Waals surface area contributed by atoms with Crippen LogP contribution in [-0.2, 0) is 4.79 Å². The number of thioether (sulfide) groups is 1. The minimum absolute atomic E-state index is 0.00577. The molecule has 17 heavy (non-hydrogen) atoms. The van der Waals surface area contributed by atoms with Crippen molar-refractivity contribution in [2.45, 2.75) is 25.6 Å². The van der Waals surface area contributed by atoms with Crippen molar-refractivity contribution < 1.29 is 15.0 Å². The summed E-state index contributed by atoms with van der Waals surface area (Å²) in [5.41, 5.74) is 5.82. The van der Waals surface area contributed by atoms with Crippen molar-refractivity contribution in [2.24, 2.45) is 0 Å². The third-order valence-electron chi connectivity index (χ3n) is 2.18. The van der Waals surface area contributed by atoms with Crippen molar-refractivity contribution in [3.63, 3.8) is 0 Å². The van der Waals surface area contributed by atoms with Gasteiger partial charge in [0.05, 0.1) is 11.8 Å². The Hall–Kier alpha value is -1.11. The van der Waals surface area contributed by atoms with Crippen molar-refractivity contribution in [3.8, 4) is 0 Å². The Morgan fingerprint density at radius 1 is 1.53 bits per heavy atom. The number of carbonyl (C=O) groups excluding carboxylic acids is 1. The Balaban J connectivity index is 2.51. The first-order valence-corrected chi connectivity index (χ1v) is 6.21. The van der Waals surface area contributed by atoms with Crippen LogP contribution in [0.1, 0.15) is 25.1 Å². The highest BCUT2D eigenvalue weighted by Crippen LogP contribution is 2.19. The number of rotatable bonds is 5. The monoisotopic (exact) mass is 256 g/mol. The summed E-state index contributed by atoms with van der Waals surface area (Å²) < 4.78 is 0. The molecule has 4 N–H and O–H groups in total. The largest absolute Gasteiger partial charge is 0.390 e. The number of nitrogens with two attached hydrogens (primary N) is 1. The molecule has 0 saturated heterocycles. The van der Waals surface area contributed by atoms with E-state index in [0.29, 0.717) is 23.7 Å². The van der Waals surface area contributed by atoms with Crippen LogP contribution in [0.5, 0.6) is 0 Å². The lowest BCUT2D eigenvalue weighted by Gasteiger charge is -2.17. The quantitative estimate of drug-likeness (QED) is 0.718. The minimum atomic E-state index is -1.08. The Bertz CT molecular complexity index is 387. The van der Waals surface area contributed by atoms with Gasteiger partial charge < -0.3 is 15.9 Å². The number of aromatic nitrogens is 1. The Kier molecular flexibility index (Phi) is 5.40. The number of aliphatic hydroxyl groups is 2. The maximum Gasteiger partial charge on any atom is 0.185 e. The van der Waals surface area contributed by atoms with Crippen molar-refractivity contribution in [2.75, 3.05) is 11.5 Å². The van der Waals surface area contributed by atoms with Gasteiger partial charge in [-0.25, -0.2) is 4.98 Å². The molecule has 6 heteroatoms. The third kappa shape index (κ3) is 4.72. The van der Waals surface area contributed by atoms with Gasteiger partial charge in [-0.3, -0.25) is 4.79 Å². The highest BCUT2D eigenvalue weighted by atomic mass is 32.2. The van der Waals surface area contributed by atoms with Gasteiger partial charge in [0.15, 0.2) is 5.12 Å². The van der Waals surface area contributed by atoms with E-state index >= 15 is 0 Å². The van der Waals surface area contributed by atoms with Crippen LogP contribution >= 0.6 is 11.8 Å². The normalized spacial score (nSPS) is 14.3. The second kappa shape index (κ2) is 6.58. The second-order valence-electron chi connectivity index (χ2n) is 3.63. The van der Waals surface area contributed by atoms with Gasteiger partial charge >= 0.3 is 0 Å². The second-order valence-corrected chi connectivity index (χ2v) is 4.90. The van der Waals surface area contributed by atoms with Crippen LogP contribution in [0.3, 0.4) is 0 Å². The first kappa shape index (κ1) is 14.0. The van der Waals surface area contributed by atoms with Gasteiger partial charge in [-0.2, -0.15) is 0 Å². The van der Waals surface area contributed by atoms with Crippen LogP contribution in [0.25, 0.3) is 0 Å². The summed E-state index contributed by atoms with van der Waals surface area (Å²) in [6, 6.07) is 4.87. The van der Waals surface area contributed by atoms with Gasteiger partial charge in [0, 0.05) is 12.7 Å². The van der Waals surface area contributed by atoms with E-state index < -0.39 is 12.2 Å². The molecule has 0 spiro atoms. The average Bonchev–Trinajstić information content (AvgIpc) is 2.27. The molecule has 0 bridgehead atoms. The molecule has 1 aromatic rings. The van der Waals surface area contributed by atoms with E-state index in [4.69, 9.17) is 5.73 Å². The number of aliphatic hydroxyl groups excluding tert-OH is 2. The first-order chi connectivity index (χ1) is 8.00. The van der Waals surface area contributed by atoms with E-state index in [1.165, 1.54) is 6.92 Å². The average molecular weight is 256 g/mol. The zero-order chi connectivity index (χ0) is 12.8. The predicted molar refractivity (Wildman–Crippen MR) is 67.4 cm³/mol. The fourth-order valence-corrected chi connectivity index (χ4v) is 1.96. The zero-order valence-electron chi connectivity index (χ0n) is 9.54. The molecule has 0 saturated carbocycles. The molecule has 0 aliphatic carbocycles. The topological polar surface area (TPSA) is 96.4 Å². The first-order valence-electron chi connectivity index (χ1n) is 5.22. The number of nitrogens with zero attached hydrogens (tertiary/aromatic N) is 1. The zero-order valence-corrected chi connectivity index (χ0v) is 10.4. The molecule has 0 radical (unpaired) electrons. The predicted octanol–water partition coefficient (Wildman–Crippen LogP) is 0.728. The lowest BCUT2D eigenvalue weighted by molar-refractivity contribution is -0.109. The van der Waals surface area contributed by atoms with E-state index in [1.54, 1.807) is 18.2 Å². The SMILES string of the molecule is CC(=O)SCCC(O)C(O)c1cccc(N)n1. The van der Waals surface area contributed by atoms with Crippen LogP contribution in [-0.4, -0.2) is 32.2 Å². The number of nitrogen functional groups attached to an aromatic ring is 1. The van der Waals surface area contributed by atoms with Gasteiger partial charge in [-0.1, -0.05) is 17.8 Å². The summed E-state index contributed by atoms with van der Waals surface area (Å²) >= 11 is 1.12. The lowest BCUT2D eigenvalue weighted by Crippen LogP contribution is -2.20. The molecule has 0 aliphatic rings. The van der Waals surface area contributed by atoms with E-state index in [9.17, 15) is 15.0 Å².